The van der Waals surface area contributed by atoms with Crippen LogP contribution in [0.1, 0.15) is 5.69 Å². The summed E-state index contributed by atoms with van der Waals surface area (Å²) in [6.07, 6.45) is -1.25. The van der Waals surface area contributed by atoms with Crippen molar-refractivity contribution in [3.63, 3.8) is 0 Å². The van der Waals surface area contributed by atoms with E-state index in [4.69, 9.17) is 9.84 Å². The van der Waals surface area contributed by atoms with Gasteiger partial charge in [-0.15, -0.1) is 5.10 Å². The zero-order valence-electron chi connectivity index (χ0n) is 13.4. The van der Waals surface area contributed by atoms with Gasteiger partial charge in [-0.05, 0) is 19.1 Å². The number of hydrogen-bond donors (Lipinski definition) is 3. The number of hydrogen-bond acceptors (Lipinski definition) is 7. The fourth-order valence-corrected chi connectivity index (χ4v) is 3.44. The van der Waals surface area contributed by atoms with Crippen LogP contribution in [0.3, 0.4) is 0 Å². The van der Waals surface area contributed by atoms with Crippen molar-refractivity contribution in [2.75, 3.05) is 23.3 Å². The van der Waals surface area contributed by atoms with Gasteiger partial charge in [-0.25, -0.2) is 22.9 Å². The van der Waals surface area contributed by atoms with Crippen LogP contribution >= 0.6 is 0 Å². The monoisotopic (exact) mass is 368 g/mol. The number of sulfonamides is 1. The Morgan fingerprint density at radius 2 is 2.12 bits per heavy atom. The molecule has 0 radical (unpaired) electrons. The van der Waals surface area contributed by atoms with Crippen molar-refractivity contribution in [3.05, 3.63) is 17.8 Å². The lowest BCUT2D eigenvalue weighted by molar-refractivity contribution is 0.0418. The van der Waals surface area contributed by atoms with E-state index in [-0.39, 0.29) is 24.7 Å². The largest absolute Gasteiger partial charge is 0.465 e. The average Bonchev–Trinajstić information content (AvgIpc) is 2.79. The number of carboxylic acid groups (broad SMARTS) is 1. The van der Waals surface area contributed by atoms with Crippen LogP contribution in [0.5, 0.6) is 0 Å². The Morgan fingerprint density at radius 1 is 1.40 bits per heavy atom. The summed E-state index contributed by atoms with van der Waals surface area (Å²) in [7, 11) is -1.99. The van der Waals surface area contributed by atoms with Crippen molar-refractivity contribution in [2.24, 2.45) is 7.05 Å². The topological polar surface area (TPSA) is 148 Å². The summed E-state index contributed by atoms with van der Waals surface area (Å²) >= 11 is 0. The molecule has 0 atom stereocenters. The number of amides is 1. The molecule has 0 aliphatic carbocycles. The van der Waals surface area contributed by atoms with E-state index in [9.17, 15) is 13.2 Å². The molecule has 2 aromatic heterocycles. The van der Waals surface area contributed by atoms with Crippen LogP contribution in [0.15, 0.2) is 12.1 Å². The molecule has 1 saturated heterocycles. The van der Waals surface area contributed by atoms with E-state index < -0.39 is 21.4 Å². The van der Waals surface area contributed by atoms with E-state index in [1.165, 1.54) is 11.7 Å². The maximum Gasteiger partial charge on any atom is 0.410 e. The Hall–Kier alpha value is -2.73. The van der Waals surface area contributed by atoms with Crippen LogP contribution in [-0.2, 0) is 21.8 Å². The molecule has 1 fully saturated rings. The summed E-state index contributed by atoms with van der Waals surface area (Å²) in [4.78, 5) is 15.2. The number of rotatable bonds is 5. The van der Waals surface area contributed by atoms with Crippen molar-refractivity contribution in [2.45, 2.75) is 12.2 Å². The zero-order valence-corrected chi connectivity index (χ0v) is 14.2. The van der Waals surface area contributed by atoms with Crippen LogP contribution in [-0.4, -0.2) is 58.1 Å². The number of anilines is 2. The van der Waals surface area contributed by atoms with E-state index in [1.807, 2.05) is 0 Å². The Labute approximate surface area is 143 Å². The summed E-state index contributed by atoms with van der Waals surface area (Å²) < 4.78 is 33.0. The highest BCUT2D eigenvalue weighted by atomic mass is 32.2. The van der Waals surface area contributed by atoms with Gasteiger partial charge in [-0.3, -0.25) is 10.0 Å². The molecule has 3 rings (SSSR count). The molecule has 2 aromatic rings. The fourth-order valence-electron chi connectivity index (χ4n) is 2.20. The number of carbonyl (C=O) groups is 1. The van der Waals surface area contributed by atoms with Gasteiger partial charge in [0.05, 0.1) is 30.3 Å². The third-order valence-corrected chi connectivity index (χ3v) is 5.33. The molecule has 134 valence electrons. The second-order valence-corrected chi connectivity index (χ2v) is 7.44. The van der Waals surface area contributed by atoms with Crippen molar-refractivity contribution in [1.82, 2.24) is 20.0 Å². The summed E-state index contributed by atoms with van der Waals surface area (Å²) in [5.74, 6) is 0.166. The van der Waals surface area contributed by atoms with E-state index in [0.29, 0.717) is 17.1 Å². The molecular weight excluding hydrogens is 352 g/mol. The molecule has 1 amide bonds. The van der Waals surface area contributed by atoms with Crippen molar-refractivity contribution < 1.29 is 23.1 Å². The fraction of sp³-hybridized carbons (Fsp3) is 0.385. The second-order valence-electron chi connectivity index (χ2n) is 5.48. The number of pyridine rings is 1. The van der Waals surface area contributed by atoms with Gasteiger partial charge < -0.3 is 9.84 Å². The third-order valence-electron chi connectivity index (χ3n) is 3.68. The first kappa shape index (κ1) is 17.1. The molecule has 11 nitrogen and oxygen atoms in total. The van der Waals surface area contributed by atoms with Gasteiger partial charge in [0, 0.05) is 7.05 Å². The van der Waals surface area contributed by atoms with E-state index in [2.05, 4.69) is 25.3 Å². The van der Waals surface area contributed by atoms with Gasteiger partial charge in [0.15, 0.2) is 11.5 Å². The maximum absolute atomic E-state index is 12.1. The summed E-state index contributed by atoms with van der Waals surface area (Å²) in [5.41, 5.74) is 1.37. The Kier molecular flexibility index (Phi) is 4.30. The summed E-state index contributed by atoms with van der Waals surface area (Å²) in [6.45, 7) is 1.98. The standard InChI is InChI=1S/C13H16N6O5S/c1-7-9(17-25(22,23)8-5-24-6-8)3-4-10(14-7)11-12(15-13(20)21)19(2)18-16-11/h3-4,8,15,17H,5-6H2,1-2H3,(H,20,21). The molecule has 3 heterocycles. The first-order chi connectivity index (χ1) is 11.8. The SMILES string of the molecule is Cc1nc(-c2nnn(C)c2NC(=O)O)ccc1NS(=O)(=O)C1COC1. The van der Waals surface area contributed by atoms with Gasteiger partial charge in [-0.1, -0.05) is 5.21 Å². The lowest BCUT2D eigenvalue weighted by atomic mass is 10.2. The average molecular weight is 368 g/mol. The lowest BCUT2D eigenvalue weighted by Crippen LogP contribution is -2.43. The van der Waals surface area contributed by atoms with E-state index in [0.717, 1.165) is 0 Å². The first-order valence-corrected chi connectivity index (χ1v) is 8.79. The number of nitrogens with one attached hydrogen (secondary N) is 2. The molecule has 3 N–H and O–H groups in total. The highest BCUT2D eigenvalue weighted by Crippen LogP contribution is 2.27. The number of nitrogens with zero attached hydrogens (tertiary/aromatic N) is 4. The minimum Gasteiger partial charge on any atom is -0.465 e. The minimum atomic E-state index is -3.53. The Morgan fingerprint density at radius 3 is 2.68 bits per heavy atom. The van der Waals surface area contributed by atoms with Gasteiger partial charge in [0.1, 0.15) is 5.25 Å². The first-order valence-electron chi connectivity index (χ1n) is 7.25. The minimum absolute atomic E-state index is 0.166. The second kappa shape index (κ2) is 6.29. The molecule has 12 heteroatoms. The van der Waals surface area contributed by atoms with Crippen LogP contribution in [0.25, 0.3) is 11.4 Å². The molecule has 0 unspecified atom stereocenters. The highest BCUT2D eigenvalue weighted by molar-refractivity contribution is 7.93. The Bertz CT molecular complexity index is 921. The zero-order chi connectivity index (χ0) is 18.2. The molecule has 0 bridgehead atoms. The van der Waals surface area contributed by atoms with Gasteiger partial charge in [0.25, 0.3) is 0 Å². The molecule has 25 heavy (non-hydrogen) atoms. The predicted octanol–water partition coefficient (Wildman–Crippen LogP) is 0.416. The van der Waals surface area contributed by atoms with Crippen LogP contribution < -0.4 is 10.0 Å². The molecule has 0 aromatic carbocycles. The van der Waals surface area contributed by atoms with Gasteiger partial charge in [0.2, 0.25) is 10.0 Å². The number of ether oxygens (including phenoxy) is 1. The third kappa shape index (κ3) is 3.39. The van der Waals surface area contributed by atoms with E-state index in [1.54, 1.807) is 19.1 Å². The molecular formula is C13H16N6O5S. The number of aryl methyl sites for hydroxylation is 2. The Balaban J connectivity index is 1.89. The quantitative estimate of drug-likeness (QED) is 0.687. The van der Waals surface area contributed by atoms with Gasteiger partial charge in [-0.2, -0.15) is 0 Å². The van der Waals surface area contributed by atoms with Gasteiger partial charge >= 0.3 is 6.09 Å². The molecule has 1 aliphatic rings. The highest BCUT2D eigenvalue weighted by Gasteiger charge is 2.33. The van der Waals surface area contributed by atoms with Crippen molar-refractivity contribution in [3.8, 4) is 11.4 Å². The van der Waals surface area contributed by atoms with Crippen LogP contribution in [0.2, 0.25) is 0 Å². The van der Waals surface area contributed by atoms with Crippen molar-refractivity contribution >= 4 is 27.6 Å². The van der Waals surface area contributed by atoms with E-state index >= 15 is 0 Å². The number of aromatic nitrogens is 4. The molecule has 1 aliphatic heterocycles. The lowest BCUT2D eigenvalue weighted by Gasteiger charge is -2.26. The summed E-state index contributed by atoms with van der Waals surface area (Å²) in [5, 5.41) is 18.2. The maximum atomic E-state index is 12.1. The van der Waals surface area contributed by atoms with Crippen LogP contribution in [0, 0.1) is 6.92 Å². The predicted molar refractivity (Wildman–Crippen MR) is 87.8 cm³/mol. The smallest absolute Gasteiger partial charge is 0.410 e. The van der Waals surface area contributed by atoms with Crippen molar-refractivity contribution in [1.29, 1.82) is 0 Å². The summed E-state index contributed by atoms with van der Waals surface area (Å²) in [6, 6.07) is 3.09. The van der Waals surface area contributed by atoms with Crippen LogP contribution in [0.4, 0.5) is 16.3 Å². The molecule has 0 saturated carbocycles. The normalized spacial score (nSPS) is 14.8. The molecule has 0 spiro atoms.